The van der Waals surface area contributed by atoms with Crippen LogP contribution in [0.5, 0.6) is 0 Å². The van der Waals surface area contributed by atoms with Crippen LogP contribution in [-0.4, -0.2) is 37.2 Å². The molecule has 0 heterocycles. The van der Waals surface area contributed by atoms with E-state index in [0.29, 0.717) is 12.8 Å². The van der Waals surface area contributed by atoms with E-state index < -0.39 is 12.1 Å². The number of carbonyl (C=O) groups is 3. The summed E-state index contributed by atoms with van der Waals surface area (Å²) in [6, 6.07) is 0. The average molecular weight is 953 g/mol. The molecular formula is C63H100O6. The van der Waals surface area contributed by atoms with Gasteiger partial charge in [-0.3, -0.25) is 14.4 Å². The third-order valence-electron chi connectivity index (χ3n) is 11.2. The largest absolute Gasteiger partial charge is 0.462 e. The Hall–Kier alpha value is -4.45. The Morgan fingerprint density at radius 3 is 0.986 bits per heavy atom. The highest BCUT2D eigenvalue weighted by Gasteiger charge is 2.19. The van der Waals surface area contributed by atoms with Gasteiger partial charge in [-0.1, -0.05) is 257 Å². The third kappa shape index (κ3) is 54.4. The van der Waals surface area contributed by atoms with Crippen molar-refractivity contribution in [1.29, 1.82) is 0 Å². The highest BCUT2D eigenvalue weighted by molar-refractivity contribution is 5.72. The lowest BCUT2D eigenvalue weighted by atomic mass is 10.0. The maximum absolute atomic E-state index is 12.8. The number of ether oxygens (including phenoxy) is 3. The Morgan fingerprint density at radius 1 is 0.319 bits per heavy atom. The Morgan fingerprint density at radius 2 is 0.623 bits per heavy atom. The molecule has 0 saturated carbocycles. The van der Waals surface area contributed by atoms with Gasteiger partial charge in [-0.25, -0.2) is 0 Å². The van der Waals surface area contributed by atoms with Crippen LogP contribution in [0.15, 0.2) is 134 Å². The highest BCUT2D eigenvalue weighted by atomic mass is 16.6. The number of rotatable bonds is 48. The zero-order valence-electron chi connectivity index (χ0n) is 44.3. The Bertz CT molecular complexity index is 1510. The molecular weight excluding hydrogens is 853 g/mol. The van der Waals surface area contributed by atoms with E-state index in [2.05, 4.69) is 130 Å². The fourth-order valence-corrected chi connectivity index (χ4v) is 7.13. The van der Waals surface area contributed by atoms with E-state index in [0.717, 1.165) is 89.9 Å². The van der Waals surface area contributed by atoms with Crippen molar-refractivity contribution < 1.29 is 28.6 Å². The topological polar surface area (TPSA) is 78.9 Å². The van der Waals surface area contributed by atoms with Crippen molar-refractivity contribution in [3.63, 3.8) is 0 Å². The SMILES string of the molecule is CC/C=C\C/C=C\C/C=C\C/C=C\C/C=C\C/C=C\CCC(=O)OCC(COC(=O)C/C=C\C/C=C\C/C=C\C/C=C\C/C=C\CC)OC(=O)CCCCCCCCCCCCCCCCCCC. The van der Waals surface area contributed by atoms with Crippen molar-refractivity contribution in [1.82, 2.24) is 0 Å². The first kappa shape index (κ1) is 64.5. The van der Waals surface area contributed by atoms with E-state index >= 15 is 0 Å². The first-order valence-corrected chi connectivity index (χ1v) is 27.7. The quantitative estimate of drug-likeness (QED) is 0.0262. The van der Waals surface area contributed by atoms with Crippen LogP contribution in [0.4, 0.5) is 0 Å². The number of hydrogen-bond donors (Lipinski definition) is 0. The minimum Gasteiger partial charge on any atom is -0.462 e. The Kier molecular flexibility index (Phi) is 52.5. The summed E-state index contributed by atoms with van der Waals surface area (Å²) in [5, 5.41) is 0. The van der Waals surface area contributed by atoms with Gasteiger partial charge in [-0.2, -0.15) is 0 Å². The summed E-state index contributed by atoms with van der Waals surface area (Å²) < 4.78 is 16.7. The minimum atomic E-state index is -0.851. The zero-order chi connectivity index (χ0) is 50.0. The second-order valence-electron chi connectivity index (χ2n) is 17.8. The van der Waals surface area contributed by atoms with E-state index in [1.54, 1.807) is 6.08 Å². The molecule has 0 aliphatic rings. The second kappa shape index (κ2) is 56.1. The summed E-state index contributed by atoms with van der Waals surface area (Å²) >= 11 is 0. The van der Waals surface area contributed by atoms with Crippen molar-refractivity contribution in [2.75, 3.05) is 13.2 Å². The molecule has 0 amide bonds. The molecule has 6 nitrogen and oxygen atoms in total. The number of hydrogen-bond acceptors (Lipinski definition) is 6. The van der Waals surface area contributed by atoms with Crippen molar-refractivity contribution in [2.45, 2.75) is 232 Å². The van der Waals surface area contributed by atoms with E-state index in [4.69, 9.17) is 14.2 Å². The van der Waals surface area contributed by atoms with Gasteiger partial charge in [0.1, 0.15) is 13.2 Å². The van der Waals surface area contributed by atoms with Gasteiger partial charge in [-0.05, 0) is 83.5 Å². The van der Waals surface area contributed by atoms with E-state index in [1.807, 2.05) is 18.2 Å². The molecule has 0 aliphatic heterocycles. The Labute approximate surface area is 424 Å². The van der Waals surface area contributed by atoms with Gasteiger partial charge in [0.15, 0.2) is 6.10 Å². The van der Waals surface area contributed by atoms with Crippen LogP contribution in [0.2, 0.25) is 0 Å². The molecule has 0 aliphatic carbocycles. The Balaban J connectivity index is 4.61. The van der Waals surface area contributed by atoms with Crippen LogP contribution in [0.3, 0.4) is 0 Å². The third-order valence-corrected chi connectivity index (χ3v) is 11.2. The molecule has 1 unspecified atom stereocenters. The number of esters is 3. The molecule has 0 spiro atoms. The molecule has 0 aromatic rings. The average Bonchev–Trinajstić information content (AvgIpc) is 3.35. The van der Waals surface area contributed by atoms with Crippen LogP contribution in [-0.2, 0) is 28.6 Å². The summed E-state index contributed by atoms with van der Waals surface area (Å²) in [5.74, 6) is -1.16. The van der Waals surface area contributed by atoms with Crippen LogP contribution < -0.4 is 0 Å². The number of allylic oxidation sites excluding steroid dienone is 21. The molecule has 0 aromatic carbocycles. The van der Waals surface area contributed by atoms with Gasteiger partial charge in [0, 0.05) is 12.8 Å². The fraction of sp³-hybridized carbons (Fsp3) is 0.603. The molecule has 0 bridgehead atoms. The molecule has 388 valence electrons. The number of unbranched alkanes of at least 4 members (excludes halogenated alkanes) is 16. The zero-order valence-corrected chi connectivity index (χ0v) is 44.3. The second-order valence-corrected chi connectivity index (χ2v) is 17.8. The van der Waals surface area contributed by atoms with Gasteiger partial charge < -0.3 is 14.2 Å². The van der Waals surface area contributed by atoms with E-state index in [9.17, 15) is 14.4 Å². The van der Waals surface area contributed by atoms with Crippen LogP contribution >= 0.6 is 0 Å². The van der Waals surface area contributed by atoms with Gasteiger partial charge >= 0.3 is 17.9 Å². The summed E-state index contributed by atoms with van der Waals surface area (Å²) in [6.45, 7) is 6.25. The summed E-state index contributed by atoms with van der Waals surface area (Å²) in [4.78, 5) is 38.0. The first-order valence-electron chi connectivity index (χ1n) is 27.7. The predicted octanol–water partition coefficient (Wildman–Crippen LogP) is 18.6. The molecule has 69 heavy (non-hydrogen) atoms. The van der Waals surface area contributed by atoms with E-state index in [-0.39, 0.29) is 38.0 Å². The lowest BCUT2D eigenvalue weighted by molar-refractivity contribution is -0.166. The fourth-order valence-electron chi connectivity index (χ4n) is 7.13. The maximum atomic E-state index is 12.8. The molecule has 0 N–H and O–H groups in total. The lowest BCUT2D eigenvalue weighted by Crippen LogP contribution is -2.30. The van der Waals surface area contributed by atoms with Crippen molar-refractivity contribution in [3.05, 3.63) is 134 Å². The van der Waals surface area contributed by atoms with Crippen molar-refractivity contribution >= 4 is 17.9 Å². The van der Waals surface area contributed by atoms with Gasteiger partial charge in [0.2, 0.25) is 0 Å². The molecule has 0 rings (SSSR count). The molecule has 0 aromatic heterocycles. The first-order chi connectivity index (χ1) is 34.0. The molecule has 6 heteroatoms. The number of carbonyl (C=O) groups excluding carboxylic acids is 3. The van der Waals surface area contributed by atoms with E-state index in [1.165, 1.54) is 89.9 Å². The maximum Gasteiger partial charge on any atom is 0.309 e. The standard InChI is InChI=1S/C63H100O6/c1-4-7-10-13-16-19-22-25-28-30-31-33-35-38-41-44-47-50-53-56-62(65)68-59-60(58-67-61(64)55-52-49-46-43-40-37-34-27-24-21-18-15-12-9-6-3)69-63(66)57-54-51-48-45-42-39-36-32-29-26-23-20-17-14-11-8-5-2/h7,9-10,12,16,18-19,21,25,27-28,31,33-34,38,40-41,43,47,49-50,52,60H,4-6,8,11,13-15,17,20,22-24,26,29-30,32,35-37,39,42,44-46,48,51,53-59H2,1-3H3/b10-7-,12-9-,19-16-,21-18-,28-25-,33-31-,34-27-,41-38-,43-40-,50-47-,52-49-. The van der Waals surface area contributed by atoms with Crippen molar-refractivity contribution in [2.24, 2.45) is 0 Å². The summed E-state index contributed by atoms with van der Waals surface area (Å²) in [5.41, 5.74) is 0. The van der Waals surface area contributed by atoms with Crippen LogP contribution in [0, 0.1) is 0 Å². The molecule has 1 atom stereocenters. The van der Waals surface area contributed by atoms with Gasteiger partial charge in [0.25, 0.3) is 0 Å². The van der Waals surface area contributed by atoms with Crippen LogP contribution in [0.25, 0.3) is 0 Å². The summed E-state index contributed by atoms with van der Waals surface area (Å²) in [6.07, 6.45) is 79.1. The van der Waals surface area contributed by atoms with Gasteiger partial charge in [-0.15, -0.1) is 0 Å². The molecule has 0 radical (unpaired) electrons. The molecule has 0 saturated heterocycles. The normalized spacial score (nSPS) is 13.1. The van der Waals surface area contributed by atoms with Crippen molar-refractivity contribution in [3.8, 4) is 0 Å². The highest BCUT2D eigenvalue weighted by Crippen LogP contribution is 2.15. The molecule has 0 fully saturated rings. The summed E-state index contributed by atoms with van der Waals surface area (Å²) in [7, 11) is 0. The lowest BCUT2D eigenvalue weighted by Gasteiger charge is -2.18. The monoisotopic (exact) mass is 953 g/mol. The van der Waals surface area contributed by atoms with Crippen LogP contribution in [0.1, 0.15) is 226 Å². The minimum absolute atomic E-state index is 0.110. The smallest absolute Gasteiger partial charge is 0.309 e. The van der Waals surface area contributed by atoms with Gasteiger partial charge in [0.05, 0.1) is 6.42 Å². The predicted molar refractivity (Wildman–Crippen MR) is 297 cm³/mol.